The van der Waals surface area contributed by atoms with Gasteiger partial charge in [0.1, 0.15) is 0 Å². The minimum Gasteiger partial charge on any atom is -0.383 e. The fraction of sp³-hybridized carbons (Fsp3) is 0.714. The number of methoxy groups -OCH3 is 1. The quantitative estimate of drug-likeness (QED) is 0.673. The van der Waals surface area contributed by atoms with E-state index >= 15 is 0 Å². The van der Waals surface area contributed by atoms with E-state index < -0.39 is 0 Å². The van der Waals surface area contributed by atoms with Crippen LogP contribution < -0.4 is 5.73 Å². The molecule has 0 unspecified atom stereocenters. The zero-order valence-corrected chi connectivity index (χ0v) is 7.45. The highest BCUT2D eigenvalue weighted by Crippen LogP contribution is 2.01. The van der Waals surface area contributed by atoms with E-state index in [9.17, 15) is 0 Å². The van der Waals surface area contributed by atoms with Crippen molar-refractivity contribution in [3.8, 4) is 0 Å². The molecule has 0 aromatic carbocycles. The molecule has 5 heteroatoms. The molecule has 0 aliphatic heterocycles. The molecule has 0 bridgehead atoms. The van der Waals surface area contributed by atoms with Gasteiger partial charge in [-0.25, -0.2) is 4.68 Å². The Morgan fingerprint density at radius 1 is 1.58 bits per heavy atom. The molecule has 0 spiro atoms. The van der Waals surface area contributed by atoms with Gasteiger partial charge in [-0.1, -0.05) is 5.21 Å². The highest BCUT2D eigenvalue weighted by Gasteiger charge is 2.04. The van der Waals surface area contributed by atoms with Crippen molar-refractivity contribution in [2.24, 2.45) is 5.73 Å². The third-order valence-corrected chi connectivity index (χ3v) is 1.78. The van der Waals surface area contributed by atoms with E-state index in [1.165, 1.54) is 0 Å². The maximum Gasteiger partial charge on any atom is 0.0991 e. The van der Waals surface area contributed by atoms with Crippen LogP contribution in [0, 0.1) is 6.92 Å². The van der Waals surface area contributed by atoms with Crippen molar-refractivity contribution in [3.63, 3.8) is 0 Å². The van der Waals surface area contributed by atoms with Crippen LogP contribution in [0.2, 0.25) is 0 Å². The van der Waals surface area contributed by atoms with E-state index in [1.807, 2.05) is 6.92 Å². The summed E-state index contributed by atoms with van der Waals surface area (Å²) in [5, 5.41) is 7.85. The standard InChI is InChI=1S/C7H14N4O/c1-6-7(5-8)9-10-11(6)3-4-12-2/h3-5,8H2,1-2H3. The van der Waals surface area contributed by atoms with Crippen molar-refractivity contribution in [3.05, 3.63) is 11.4 Å². The Bertz CT molecular complexity index is 246. The molecule has 0 fully saturated rings. The molecule has 0 aliphatic carbocycles. The molecule has 12 heavy (non-hydrogen) atoms. The van der Waals surface area contributed by atoms with Gasteiger partial charge in [-0.05, 0) is 6.92 Å². The van der Waals surface area contributed by atoms with Crippen LogP contribution in [0.1, 0.15) is 11.4 Å². The maximum absolute atomic E-state index is 5.45. The van der Waals surface area contributed by atoms with Crippen LogP contribution in [0.3, 0.4) is 0 Å². The average Bonchev–Trinajstić information content (AvgIpc) is 2.43. The molecule has 1 aromatic rings. The van der Waals surface area contributed by atoms with Crippen molar-refractivity contribution in [1.82, 2.24) is 15.0 Å². The fourth-order valence-corrected chi connectivity index (χ4v) is 0.975. The van der Waals surface area contributed by atoms with Gasteiger partial charge in [0, 0.05) is 13.7 Å². The van der Waals surface area contributed by atoms with Gasteiger partial charge in [0.2, 0.25) is 0 Å². The zero-order valence-electron chi connectivity index (χ0n) is 7.45. The summed E-state index contributed by atoms with van der Waals surface area (Å²) in [5.74, 6) is 0. The fourth-order valence-electron chi connectivity index (χ4n) is 0.975. The highest BCUT2D eigenvalue weighted by molar-refractivity contribution is 5.06. The largest absolute Gasteiger partial charge is 0.383 e. The summed E-state index contributed by atoms with van der Waals surface area (Å²) in [4.78, 5) is 0. The van der Waals surface area contributed by atoms with E-state index in [4.69, 9.17) is 10.5 Å². The second-order valence-electron chi connectivity index (χ2n) is 2.54. The van der Waals surface area contributed by atoms with Crippen LogP contribution in [-0.2, 0) is 17.8 Å². The molecule has 0 amide bonds. The Morgan fingerprint density at radius 2 is 2.33 bits per heavy atom. The minimum atomic E-state index is 0.443. The summed E-state index contributed by atoms with van der Waals surface area (Å²) >= 11 is 0. The van der Waals surface area contributed by atoms with Gasteiger partial charge in [-0.2, -0.15) is 0 Å². The molecular formula is C7H14N4O. The van der Waals surface area contributed by atoms with Crippen molar-refractivity contribution in [1.29, 1.82) is 0 Å². The third kappa shape index (κ3) is 1.80. The summed E-state index contributed by atoms with van der Waals surface area (Å²) in [6.45, 7) is 3.78. The predicted molar refractivity (Wildman–Crippen MR) is 44.5 cm³/mol. The molecule has 1 rings (SSSR count). The van der Waals surface area contributed by atoms with Crippen LogP contribution in [0.15, 0.2) is 0 Å². The second-order valence-corrected chi connectivity index (χ2v) is 2.54. The first kappa shape index (κ1) is 9.15. The van der Waals surface area contributed by atoms with Crippen molar-refractivity contribution in [2.75, 3.05) is 13.7 Å². The lowest BCUT2D eigenvalue weighted by atomic mass is 10.3. The van der Waals surface area contributed by atoms with Crippen molar-refractivity contribution in [2.45, 2.75) is 20.0 Å². The zero-order chi connectivity index (χ0) is 8.97. The topological polar surface area (TPSA) is 66.0 Å². The summed E-state index contributed by atoms with van der Waals surface area (Å²) in [7, 11) is 1.66. The lowest BCUT2D eigenvalue weighted by molar-refractivity contribution is 0.182. The molecule has 0 saturated heterocycles. The van der Waals surface area contributed by atoms with Crippen molar-refractivity contribution >= 4 is 0 Å². The molecule has 2 N–H and O–H groups in total. The third-order valence-electron chi connectivity index (χ3n) is 1.78. The van der Waals surface area contributed by atoms with Crippen LogP contribution in [0.4, 0.5) is 0 Å². The molecule has 0 radical (unpaired) electrons. The minimum absolute atomic E-state index is 0.443. The smallest absolute Gasteiger partial charge is 0.0991 e. The molecular weight excluding hydrogens is 156 g/mol. The molecule has 0 saturated carbocycles. The van der Waals surface area contributed by atoms with E-state index in [2.05, 4.69) is 10.3 Å². The molecule has 1 aromatic heterocycles. The van der Waals surface area contributed by atoms with Crippen molar-refractivity contribution < 1.29 is 4.74 Å². The van der Waals surface area contributed by atoms with Crippen LogP contribution in [0.25, 0.3) is 0 Å². The first-order chi connectivity index (χ1) is 5.79. The lowest BCUT2D eigenvalue weighted by Crippen LogP contribution is -2.08. The Kier molecular flexibility index (Phi) is 3.19. The average molecular weight is 170 g/mol. The molecule has 1 heterocycles. The second kappa shape index (κ2) is 4.18. The Balaban J connectivity index is 2.66. The summed E-state index contributed by atoms with van der Waals surface area (Å²) in [5.41, 5.74) is 7.32. The number of hydrogen-bond acceptors (Lipinski definition) is 4. The van der Waals surface area contributed by atoms with Gasteiger partial charge in [-0.3, -0.25) is 0 Å². The van der Waals surface area contributed by atoms with E-state index in [0.717, 1.165) is 17.9 Å². The number of aromatic nitrogens is 3. The van der Waals surface area contributed by atoms with E-state index in [-0.39, 0.29) is 0 Å². The highest BCUT2D eigenvalue weighted by atomic mass is 16.5. The van der Waals surface area contributed by atoms with Crippen LogP contribution in [0.5, 0.6) is 0 Å². The summed E-state index contributed by atoms with van der Waals surface area (Å²) in [6, 6.07) is 0. The normalized spacial score (nSPS) is 10.6. The van der Waals surface area contributed by atoms with Gasteiger partial charge in [0.05, 0.1) is 24.5 Å². The predicted octanol–water partition coefficient (Wildman–Crippen LogP) is -0.308. The van der Waals surface area contributed by atoms with Gasteiger partial charge in [-0.15, -0.1) is 5.10 Å². The Labute approximate surface area is 71.5 Å². The van der Waals surface area contributed by atoms with Gasteiger partial charge >= 0.3 is 0 Å². The number of ether oxygens (including phenoxy) is 1. The number of nitrogens with two attached hydrogens (primary N) is 1. The molecule has 68 valence electrons. The van der Waals surface area contributed by atoms with E-state index in [1.54, 1.807) is 11.8 Å². The monoisotopic (exact) mass is 170 g/mol. The molecule has 0 aliphatic rings. The molecule has 0 atom stereocenters. The van der Waals surface area contributed by atoms with Crippen LogP contribution in [-0.4, -0.2) is 28.7 Å². The Morgan fingerprint density at radius 3 is 2.83 bits per heavy atom. The maximum atomic E-state index is 5.45. The van der Waals surface area contributed by atoms with Gasteiger partial charge in [0.15, 0.2) is 0 Å². The number of rotatable bonds is 4. The van der Waals surface area contributed by atoms with E-state index in [0.29, 0.717) is 13.2 Å². The van der Waals surface area contributed by atoms with Crippen LogP contribution >= 0.6 is 0 Å². The Hall–Kier alpha value is -0.940. The summed E-state index contributed by atoms with van der Waals surface area (Å²) in [6.07, 6.45) is 0. The van der Waals surface area contributed by atoms with Gasteiger partial charge in [0.25, 0.3) is 0 Å². The lowest BCUT2D eigenvalue weighted by Gasteiger charge is -2.01. The SMILES string of the molecule is COCCn1nnc(CN)c1C. The number of nitrogens with zero attached hydrogens (tertiary/aromatic N) is 3. The first-order valence-corrected chi connectivity index (χ1v) is 3.87. The first-order valence-electron chi connectivity index (χ1n) is 3.87. The molecule has 5 nitrogen and oxygen atoms in total. The summed E-state index contributed by atoms with van der Waals surface area (Å²) < 4.78 is 6.72. The number of hydrogen-bond donors (Lipinski definition) is 1. The van der Waals surface area contributed by atoms with Gasteiger partial charge < -0.3 is 10.5 Å².